The summed E-state index contributed by atoms with van der Waals surface area (Å²) in [5, 5.41) is 3.08. The summed E-state index contributed by atoms with van der Waals surface area (Å²) in [6.45, 7) is 7.02. The van der Waals surface area contributed by atoms with Crippen molar-refractivity contribution < 1.29 is 13.9 Å². The van der Waals surface area contributed by atoms with Crippen molar-refractivity contribution in [2.45, 2.75) is 39.3 Å². The van der Waals surface area contributed by atoms with Crippen LogP contribution in [0.3, 0.4) is 0 Å². The Morgan fingerprint density at radius 3 is 2.43 bits per heavy atom. The molecule has 3 rings (SSSR count). The number of piperidine rings is 1. The largest absolute Gasteiger partial charge is 0.491 e. The van der Waals surface area contributed by atoms with Crippen LogP contribution in [-0.2, 0) is 11.3 Å². The van der Waals surface area contributed by atoms with E-state index in [2.05, 4.69) is 10.2 Å². The topological polar surface area (TPSA) is 41.6 Å². The van der Waals surface area contributed by atoms with Gasteiger partial charge in [0.2, 0.25) is 5.91 Å². The van der Waals surface area contributed by atoms with E-state index in [9.17, 15) is 9.18 Å². The van der Waals surface area contributed by atoms with E-state index in [1.54, 1.807) is 0 Å². The zero-order chi connectivity index (χ0) is 19.9. The van der Waals surface area contributed by atoms with Crippen molar-refractivity contribution in [2.24, 2.45) is 5.92 Å². The number of carbonyl (C=O) groups is 1. The maximum absolute atomic E-state index is 13.0. The third kappa shape index (κ3) is 6.06. The van der Waals surface area contributed by atoms with Gasteiger partial charge in [-0.15, -0.1) is 0 Å². The zero-order valence-corrected chi connectivity index (χ0v) is 16.7. The Morgan fingerprint density at radius 2 is 1.79 bits per heavy atom. The molecule has 28 heavy (non-hydrogen) atoms. The average Bonchev–Trinajstić information content (AvgIpc) is 2.70. The lowest BCUT2D eigenvalue weighted by atomic mass is 9.95. The van der Waals surface area contributed by atoms with Gasteiger partial charge in [0.25, 0.3) is 0 Å². The zero-order valence-electron chi connectivity index (χ0n) is 16.7. The van der Waals surface area contributed by atoms with Crippen LogP contribution in [0.5, 0.6) is 5.75 Å². The lowest BCUT2D eigenvalue weighted by molar-refractivity contribution is -0.127. The highest BCUT2D eigenvalue weighted by atomic mass is 19.1. The summed E-state index contributed by atoms with van der Waals surface area (Å²) < 4.78 is 18.8. The molecule has 5 heteroatoms. The smallest absolute Gasteiger partial charge is 0.223 e. The monoisotopic (exact) mass is 384 g/mol. The molecule has 1 aliphatic heterocycles. The van der Waals surface area contributed by atoms with Gasteiger partial charge < -0.3 is 10.1 Å². The minimum Gasteiger partial charge on any atom is -0.491 e. The summed E-state index contributed by atoms with van der Waals surface area (Å²) in [7, 11) is 0. The molecule has 0 saturated carbocycles. The molecule has 0 spiro atoms. The maximum Gasteiger partial charge on any atom is 0.223 e. The minimum absolute atomic E-state index is 0.0361. The van der Waals surface area contributed by atoms with Crippen molar-refractivity contribution in [3.05, 3.63) is 65.5 Å². The number of nitrogens with one attached hydrogen (secondary N) is 1. The predicted octanol–water partition coefficient (Wildman–Crippen LogP) is 3.93. The molecule has 0 bridgehead atoms. The molecule has 150 valence electrons. The number of amides is 1. The van der Waals surface area contributed by atoms with E-state index in [4.69, 9.17) is 4.74 Å². The Morgan fingerprint density at radius 1 is 1.14 bits per heavy atom. The Bertz CT molecular complexity index is 753. The van der Waals surface area contributed by atoms with Crippen LogP contribution in [0.4, 0.5) is 4.39 Å². The summed E-state index contributed by atoms with van der Waals surface area (Å²) in [4.78, 5) is 14.9. The summed E-state index contributed by atoms with van der Waals surface area (Å²) in [5.74, 6) is 0.771. The van der Waals surface area contributed by atoms with Gasteiger partial charge in [-0.25, -0.2) is 4.39 Å². The van der Waals surface area contributed by atoms with Gasteiger partial charge in [-0.1, -0.05) is 29.8 Å². The van der Waals surface area contributed by atoms with Crippen LogP contribution in [0.1, 0.15) is 30.9 Å². The number of ether oxygens (including phenoxy) is 1. The fourth-order valence-corrected chi connectivity index (χ4v) is 3.46. The summed E-state index contributed by atoms with van der Waals surface area (Å²) in [6.07, 6.45) is 1.69. The van der Waals surface area contributed by atoms with E-state index in [0.29, 0.717) is 6.61 Å². The molecule has 0 unspecified atom stereocenters. The second kappa shape index (κ2) is 9.69. The molecule has 0 aliphatic carbocycles. The number of aryl methyl sites for hydroxylation is 1. The lowest BCUT2D eigenvalue weighted by Crippen LogP contribution is -2.44. The van der Waals surface area contributed by atoms with E-state index >= 15 is 0 Å². The van der Waals surface area contributed by atoms with Gasteiger partial charge >= 0.3 is 0 Å². The van der Waals surface area contributed by atoms with Crippen LogP contribution in [-0.4, -0.2) is 36.5 Å². The fourth-order valence-electron chi connectivity index (χ4n) is 3.46. The van der Waals surface area contributed by atoms with Crippen LogP contribution in [0.25, 0.3) is 0 Å². The Balaban J connectivity index is 1.38. The number of rotatable bonds is 7. The van der Waals surface area contributed by atoms with Crippen molar-refractivity contribution in [3.8, 4) is 5.75 Å². The fraction of sp³-hybridized carbons (Fsp3) is 0.435. The van der Waals surface area contributed by atoms with Gasteiger partial charge in [0.15, 0.2) is 0 Å². The number of hydrogen-bond acceptors (Lipinski definition) is 3. The van der Waals surface area contributed by atoms with E-state index < -0.39 is 0 Å². The quantitative estimate of drug-likeness (QED) is 0.786. The van der Waals surface area contributed by atoms with Crippen LogP contribution in [0.2, 0.25) is 0 Å². The van der Waals surface area contributed by atoms with Crippen molar-refractivity contribution in [1.82, 2.24) is 10.2 Å². The highest BCUT2D eigenvalue weighted by Crippen LogP contribution is 2.20. The third-order valence-corrected chi connectivity index (χ3v) is 5.19. The molecule has 2 aromatic rings. The standard InChI is InChI=1S/C23H29FN2O2/c1-17-3-9-22(10-4-17)28-16-18(2)25-23(27)20-11-13-26(14-12-20)15-19-5-7-21(24)8-6-19/h3-10,18,20H,11-16H2,1-2H3,(H,25,27)/t18-/m0/s1. The first-order valence-electron chi connectivity index (χ1n) is 9.96. The molecule has 1 saturated heterocycles. The lowest BCUT2D eigenvalue weighted by Gasteiger charge is -2.31. The first kappa shape index (κ1) is 20.3. The predicted molar refractivity (Wildman–Crippen MR) is 109 cm³/mol. The molecule has 0 aromatic heterocycles. The van der Waals surface area contributed by atoms with Crippen molar-refractivity contribution in [3.63, 3.8) is 0 Å². The molecule has 1 N–H and O–H groups in total. The molecule has 1 aliphatic rings. The van der Waals surface area contributed by atoms with E-state index in [1.807, 2.05) is 50.2 Å². The molecule has 0 radical (unpaired) electrons. The van der Waals surface area contributed by atoms with E-state index in [-0.39, 0.29) is 23.7 Å². The SMILES string of the molecule is Cc1ccc(OC[C@H](C)NC(=O)C2CCN(Cc3ccc(F)cc3)CC2)cc1. The number of halogens is 1. The third-order valence-electron chi connectivity index (χ3n) is 5.19. The van der Waals surface area contributed by atoms with E-state index in [1.165, 1.54) is 17.7 Å². The van der Waals surface area contributed by atoms with Gasteiger partial charge in [-0.2, -0.15) is 0 Å². The van der Waals surface area contributed by atoms with Crippen LogP contribution in [0, 0.1) is 18.7 Å². The summed E-state index contributed by atoms with van der Waals surface area (Å²) >= 11 is 0. The maximum atomic E-state index is 13.0. The number of benzene rings is 2. The first-order valence-corrected chi connectivity index (χ1v) is 9.96. The normalized spacial score (nSPS) is 16.5. The molecule has 1 fully saturated rings. The summed E-state index contributed by atoms with van der Waals surface area (Å²) in [5.41, 5.74) is 2.30. The van der Waals surface area contributed by atoms with Crippen molar-refractivity contribution in [2.75, 3.05) is 19.7 Å². The molecule has 4 nitrogen and oxygen atoms in total. The number of nitrogens with zero attached hydrogens (tertiary/aromatic N) is 1. The number of carbonyl (C=O) groups excluding carboxylic acids is 1. The minimum atomic E-state index is -0.209. The second-order valence-electron chi connectivity index (χ2n) is 7.71. The molecule has 2 aromatic carbocycles. The van der Waals surface area contributed by atoms with Gasteiger partial charge in [-0.3, -0.25) is 9.69 Å². The Kier molecular flexibility index (Phi) is 7.04. The molecular weight excluding hydrogens is 355 g/mol. The van der Waals surface area contributed by atoms with Gasteiger partial charge in [0.05, 0.1) is 6.04 Å². The average molecular weight is 384 g/mol. The first-order chi connectivity index (χ1) is 13.5. The van der Waals surface area contributed by atoms with Gasteiger partial charge in [0.1, 0.15) is 18.2 Å². The van der Waals surface area contributed by atoms with Crippen LogP contribution in [0.15, 0.2) is 48.5 Å². The van der Waals surface area contributed by atoms with E-state index in [0.717, 1.165) is 43.8 Å². The highest BCUT2D eigenvalue weighted by Gasteiger charge is 2.25. The molecule has 1 atom stereocenters. The van der Waals surface area contributed by atoms with Gasteiger partial charge in [0, 0.05) is 12.5 Å². The second-order valence-corrected chi connectivity index (χ2v) is 7.71. The molecular formula is C23H29FN2O2. The Hall–Kier alpha value is -2.40. The highest BCUT2D eigenvalue weighted by molar-refractivity contribution is 5.79. The number of hydrogen-bond donors (Lipinski definition) is 1. The molecule has 1 amide bonds. The molecule has 1 heterocycles. The Labute approximate surface area is 166 Å². The number of likely N-dealkylation sites (tertiary alicyclic amines) is 1. The van der Waals surface area contributed by atoms with Crippen molar-refractivity contribution >= 4 is 5.91 Å². The van der Waals surface area contributed by atoms with Gasteiger partial charge in [-0.05, 0) is 69.6 Å². The summed E-state index contributed by atoms with van der Waals surface area (Å²) in [6, 6.07) is 14.5. The van der Waals surface area contributed by atoms with Crippen LogP contribution >= 0.6 is 0 Å². The van der Waals surface area contributed by atoms with Crippen LogP contribution < -0.4 is 10.1 Å². The van der Waals surface area contributed by atoms with Crippen molar-refractivity contribution in [1.29, 1.82) is 0 Å².